The van der Waals surface area contributed by atoms with Crippen LogP contribution in [-0.2, 0) is 5.60 Å². The molecule has 3 heteroatoms. The summed E-state index contributed by atoms with van der Waals surface area (Å²) < 4.78 is 19.2. The van der Waals surface area contributed by atoms with Crippen LogP contribution in [0.4, 0.5) is 4.39 Å². The predicted molar refractivity (Wildman–Crippen MR) is 69.1 cm³/mol. The summed E-state index contributed by atoms with van der Waals surface area (Å²) in [6, 6.07) is 5.00. The van der Waals surface area contributed by atoms with Gasteiger partial charge in [0.05, 0.1) is 12.7 Å². The summed E-state index contributed by atoms with van der Waals surface area (Å²) in [5, 5.41) is 10.7. The largest absolute Gasteiger partial charge is 0.494 e. The van der Waals surface area contributed by atoms with Gasteiger partial charge >= 0.3 is 0 Å². The highest BCUT2D eigenvalue weighted by Gasteiger charge is 2.34. The van der Waals surface area contributed by atoms with Crippen molar-refractivity contribution in [2.45, 2.75) is 44.6 Å². The third kappa shape index (κ3) is 2.51. The van der Waals surface area contributed by atoms with Crippen LogP contribution in [-0.4, -0.2) is 12.2 Å². The number of aliphatic hydroxyl groups is 1. The molecule has 2 unspecified atom stereocenters. The average Bonchev–Trinajstić information content (AvgIpc) is 2.53. The van der Waals surface area contributed by atoms with E-state index in [1.165, 1.54) is 7.11 Å². The summed E-state index contributed by atoms with van der Waals surface area (Å²) in [4.78, 5) is 0. The topological polar surface area (TPSA) is 29.5 Å². The Kier molecular flexibility index (Phi) is 3.91. The Morgan fingerprint density at radius 2 is 2.11 bits per heavy atom. The van der Waals surface area contributed by atoms with E-state index in [1.54, 1.807) is 18.2 Å². The zero-order valence-electron chi connectivity index (χ0n) is 11.1. The first-order valence-corrected chi connectivity index (χ1v) is 6.62. The van der Waals surface area contributed by atoms with Gasteiger partial charge in [0.2, 0.25) is 0 Å². The van der Waals surface area contributed by atoms with E-state index in [4.69, 9.17) is 4.74 Å². The average molecular weight is 252 g/mol. The molecule has 2 rings (SSSR count). The van der Waals surface area contributed by atoms with Gasteiger partial charge in [-0.3, -0.25) is 0 Å². The van der Waals surface area contributed by atoms with Crippen molar-refractivity contribution in [1.29, 1.82) is 0 Å². The van der Waals surface area contributed by atoms with Crippen LogP contribution in [0.1, 0.15) is 44.6 Å². The Labute approximate surface area is 108 Å². The maximum atomic E-state index is 14.2. The first-order valence-electron chi connectivity index (χ1n) is 6.62. The fourth-order valence-electron chi connectivity index (χ4n) is 2.79. The molecular formula is C15H21FO2. The van der Waals surface area contributed by atoms with Crippen LogP contribution >= 0.6 is 0 Å². The Morgan fingerprint density at radius 1 is 1.33 bits per heavy atom. The minimum Gasteiger partial charge on any atom is -0.494 e. The van der Waals surface area contributed by atoms with Gasteiger partial charge in [-0.15, -0.1) is 0 Å². The molecule has 1 aliphatic carbocycles. The van der Waals surface area contributed by atoms with Crippen LogP contribution in [0.3, 0.4) is 0 Å². The molecule has 0 aliphatic heterocycles. The molecule has 2 nitrogen and oxygen atoms in total. The molecule has 2 atom stereocenters. The number of ether oxygens (including phenoxy) is 1. The molecule has 0 heterocycles. The van der Waals surface area contributed by atoms with Gasteiger partial charge < -0.3 is 9.84 Å². The molecule has 1 aliphatic rings. The molecule has 0 radical (unpaired) electrons. The summed E-state index contributed by atoms with van der Waals surface area (Å²) >= 11 is 0. The number of hydrogen-bond acceptors (Lipinski definition) is 2. The van der Waals surface area contributed by atoms with E-state index in [9.17, 15) is 9.50 Å². The van der Waals surface area contributed by atoms with E-state index in [0.29, 0.717) is 24.3 Å². The molecular weight excluding hydrogens is 231 g/mol. The number of rotatable bonds is 2. The maximum Gasteiger partial charge on any atom is 0.171 e. The monoisotopic (exact) mass is 252 g/mol. The van der Waals surface area contributed by atoms with Crippen molar-refractivity contribution in [1.82, 2.24) is 0 Å². The summed E-state index contributed by atoms with van der Waals surface area (Å²) in [5.41, 5.74) is -0.653. The number of halogens is 1. The van der Waals surface area contributed by atoms with Gasteiger partial charge in [0.15, 0.2) is 11.6 Å². The number of methoxy groups -OCH3 is 1. The Balaban J connectivity index is 2.34. The van der Waals surface area contributed by atoms with E-state index in [1.807, 2.05) is 0 Å². The molecule has 0 aromatic heterocycles. The minimum absolute atomic E-state index is 0.207. The summed E-state index contributed by atoms with van der Waals surface area (Å²) in [7, 11) is 1.45. The van der Waals surface area contributed by atoms with E-state index < -0.39 is 11.4 Å². The fraction of sp³-hybridized carbons (Fsp3) is 0.600. The molecule has 0 amide bonds. The van der Waals surface area contributed by atoms with Crippen molar-refractivity contribution in [3.63, 3.8) is 0 Å². The van der Waals surface area contributed by atoms with Crippen molar-refractivity contribution >= 4 is 0 Å². The van der Waals surface area contributed by atoms with Gasteiger partial charge in [-0.2, -0.15) is 0 Å². The molecule has 0 spiro atoms. The molecule has 1 aromatic rings. The first-order chi connectivity index (χ1) is 8.57. The van der Waals surface area contributed by atoms with E-state index in [-0.39, 0.29) is 5.75 Å². The molecule has 0 bridgehead atoms. The molecule has 1 fully saturated rings. The highest BCUT2D eigenvalue weighted by atomic mass is 19.1. The molecule has 1 N–H and O–H groups in total. The van der Waals surface area contributed by atoms with Crippen LogP contribution in [0, 0.1) is 11.7 Å². The van der Waals surface area contributed by atoms with Crippen LogP contribution in [0.5, 0.6) is 5.75 Å². The second-order valence-corrected chi connectivity index (χ2v) is 5.39. The van der Waals surface area contributed by atoms with Crippen molar-refractivity contribution in [3.8, 4) is 5.75 Å². The molecule has 18 heavy (non-hydrogen) atoms. The Hall–Kier alpha value is -1.09. The zero-order valence-corrected chi connectivity index (χ0v) is 11.1. The van der Waals surface area contributed by atoms with Gasteiger partial charge in [-0.05, 0) is 37.7 Å². The zero-order chi connectivity index (χ0) is 13.2. The van der Waals surface area contributed by atoms with Gasteiger partial charge in [-0.25, -0.2) is 4.39 Å². The van der Waals surface area contributed by atoms with Crippen molar-refractivity contribution < 1.29 is 14.2 Å². The minimum atomic E-state index is -1.04. The second-order valence-electron chi connectivity index (χ2n) is 5.39. The lowest BCUT2D eigenvalue weighted by molar-refractivity contribution is 0.0160. The standard InChI is InChI=1S/C15H21FO2/c1-11-5-4-9-15(17,10-8-11)12-6-3-7-13(18-2)14(12)16/h3,6-7,11,17H,4-5,8-10H2,1-2H3. The lowest BCUT2D eigenvalue weighted by atomic mass is 9.86. The SMILES string of the molecule is COc1cccc(C2(O)CCCC(C)CC2)c1F. The third-order valence-electron chi connectivity index (χ3n) is 4.02. The first kappa shape index (κ1) is 13.3. The Morgan fingerprint density at radius 3 is 2.83 bits per heavy atom. The van der Waals surface area contributed by atoms with Crippen molar-refractivity contribution in [3.05, 3.63) is 29.6 Å². The van der Waals surface area contributed by atoms with Crippen LogP contribution in [0.15, 0.2) is 18.2 Å². The predicted octanol–water partition coefficient (Wildman–Crippen LogP) is 3.62. The smallest absolute Gasteiger partial charge is 0.171 e. The van der Waals surface area contributed by atoms with Crippen LogP contribution in [0.25, 0.3) is 0 Å². The van der Waals surface area contributed by atoms with Crippen LogP contribution < -0.4 is 4.74 Å². The van der Waals surface area contributed by atoms with E-state index in [0.717, 1.165) is 19.3 Å². The highest BCUT2D eigenvalue weighted by Crippen LogP contribution is 2.40. The molecule has 100 valence electrons. The van der Waals surface area contributed by atoms with Gasteiger partial charge in [-0.1, -0.05) is 25.5 Å². The normalized spacial score (nSPS) is 28.8. The molecule has 1 aromatic carbocycles. The lowest BCUT2D eigenvalue weighted by Crippen LogP contribution is -2.26. The molecule has 1 saturated carbocycles. The van der Waals surface area contributed by atoms with Crippen molar-refractivity contribution in [2.24, 2.45) is 5.92 Å². The van der Waals surface area contributed by atoms with E-state index in [2.05, 4.69) is 6.92 Å². The number of hydrogen-bond donors (Lipinski definition) is 1. The highest BCUT2D eigenvalue weighted by molar-refractivity contribution is 5.34. The summed E-state index contributed by atoms with van der Waals surface area (Å²) in [5.74, 6) is 0.392. The Bertz CT molecular complexity index is 419. The van der Waals surface area contributed by atoms with Crippen molar-refractivity contribution in [2.75, 3.05) is 7.11 Å². The summed E-state index contributed by atoms with van der Waals surface area (Å²) in [6.45, 7) is 2.19. The van der Waals surface area contributed by atoms with E-state index >= 15 is 0 Å². The van der Waals surface area contributed by atoms with Gasteiger partial charge in [0, 0.05) is 5.56 Å². The quantitative estimate of drug-likeness (QED) is 0.815. The third-order valence-corrected chi connectivity index (χ3v) is 4.02. The fourth-order valence-corrected chi connectivity index (χ4v) is 2.79. The summed E-state index contributed by atoms with van der Waals surface area (Å²) in [6.07, 6.45) is 4.23. The van der Waals surface area contributed by atoms with Gasteiger partial charge in [0.1, 0.15) is 0 Å². The van der Waals surface area contributed by atoms with Gasteiger partial charge in [0.25, 0.3) is 0 Å². The maximum absolute atomic E-state index is 14.2. The number of benzene rings is 1. The second kappa shape index (κ2) is 5.27. The lowest BCUT2D eigenvalue weighted by Gasteiger charge is -2.28. The van der Waals surface area contributed by atoms with Crippen LogP contribution in [0.2, 0.25) is 0 Å². The molecule has 0 saturated heterocycles.